The van der Waals surface area contributed by atoms with Crippen LogP contribution < -0.4 is 15.5 Å². The predicted octanol–water partition coefficient (Wildman–Crippen LogP) is 1.63. The summed E-state index contributed by atoms with van der Waals surface area (Å²) in [5.41, 5.74) is 1.26. The molecule has 0 unspecified atom stereocenters. The molecule has 2 aromatic carbocycles. The number of rotatable bonds is 7. The lowest BCUT2D eigenvalue weighted by Crippen LogP contribution is -2.52. The molecule has 1 fully saturated rings. The molecule has 1 atom stereocenters. The largest absolute Gasteiger partial charge is 0.351 e. The Labute approximate surface area is 191 Å². The number of carbonyl (C=O) groups is 2. The molecule has 4 rings (SSSR count). The average Bonchev–Trinajstić information content (AvgIpc) is 3.31. The Morgan fingerprint density at radius 3 is 2.48 bits per heavy atom. The van der Waals surface area contributed by atoms with Gasteiger partial charge < -0.3 is 15.5 Å². The van der Waals surface area contributed by atoms with E-state index in [0.29, 0.717) is 37.4 Å². The van der Waals surface area contributed by atoms with Crippen LogP contribution in [-0.4, -0.2) is 57.2 Å². The molecule has 1 aliphatic heterocycles. The summed E-state index contributed by atoms with van der Waals surface area (Å²) < 4.78 is 15.8. The lowest BCUT2D eigenvalue weighted by atomic mass is 10.0. The molecule has 1 saturated heterocycles. The first-order valence-corrected chi connectivity index (χ1v) is 10.9. The van der Waals surface area contributed by atoms with Gasteiger partial charge in [-0.15, -0.1) is 0 Å². The SMILES string of the molecule is CC(=O)N[C@H](Cc1ccccc1F)C(=O)NC1CCN(c2nnnn2-c2ccccc2)CC1. The molecular formula is C23H26FN7O2. The molecule has 10 heteroatoms. The normalized spacial score (nSPS) is 15.2. The maximum absolute atomic E-state index is 14.1. The van der Waals surface area contributed by atoms with E-state index in [9.17, 15) is 14.0 Å². The van der Waals surface area contributed by atoms with Crippen LogP contribution in [0.25, 0.3) is 5.69 Å². The summed E-state index contributed by atoms with van der Waals surface area (Å²) in [6.45, 7) is 2.67. The maximum atomic E-state index is 14.1. The minimum Gasteiger partial charge on any atom is -0.351 e. The molecule has 0 saturated carbocycles. The number of amides is 2. The second-order valence-corrected chi connectivity index (χ2v) is 8.04. The third-order valence-electron chi connectivity index (χ3n) is 5.65. The van der Waals surface area contributed by atoms with E-state index in [1.54, 1.807) is 22.9 Å². The lowest BCUT2D eigenvalue weighted by Gasteiger charge is -2.33. The number of tetrazole rings is 1. The summed E-state index contributed by atoms with van der Waals surface area (Å²) in [5, 5.41) is 17.8. The quantitative estimate of drug-likeness (QED) is 0.566. The third kappa shape index (κ3) is 5.51. The van der Waals surface area contributed by atoms with Crippen molar-refractivity contribution in [2.24, 2.45) is 0 Å². The highest BCUT2D eigenvalue weighted by molar-refractivity contribution is 5.87. The number of hydrogen-bond donors (Lipinski definition) is 2. The van der Waals surface area contributed by atoms with Crippen molar-refractivity contribution in [3.8, 4) is 5.69 Å². The Kier molecular flexibility index (Phi) is 6.92. The second kappa shape index (κ2) is 10.2. The van der Waals surface area contributed by atoms with Crippen molar-refractivity contribution in [3.05, 3.63) is 66.0 Å². The summed E-state index contributed by atoms with van der Waals surface area (Å²) in [6.07, 6.45) is 1.47. The van der Waals surface area contributed by atoms with Gasteiger partial charge in [0.15, 0.2) is 0 Å². The van der Waals surface area contributed by atoms with Gasteiger partial charge in [-0.2, -0.15) is 4.68 Å². The number of hydrogen-bond acceptors (Lipinski definition) is 6. The fraction of sp³-hybridized carbons (Fsp3) is 0.348. The van der Waals surface area contributed by atoms with Crippen LogP contribution in [0.2, 0.25) is 0 Å². The van der Waals surface area contributed by atoms with E-state index in [2.05, 4.69) is 31.1 Å². The molecule has 1 aliphatic rings. The van der Waals surface area contributed by atoms with Gasteiger partial charge in [0.2, 0.25) is 17.8 Å². The Morgan fingerprint density at radius 2 is 1.79 bits per heavy atom. The van der Waals surface area contributed by atoms with Crippen LogP contribution in [0.5, 0.6) is 0 Å². The average molecular weight is 452 g/mol. The number of benzene rings is 2. The van der Waals surface area contributed by atoms with Gasteiger partial charge in [0, 0.05) is 32.5 Å². The van der Waals surface area contributed by atoms with Crippen molar-refractivity contribution in [3.63, 3.8) is 0 Å². The Bertz CT molecular complexity index is 1100. The molecule has 3 aromatic rings. The van der Waals surface area contributed by atoms with E-state index >= 15 is 0 Å². The topological polar surface area (TPSA) is 105 Å². The zero-order valence-electron chi connectivity index (χ0n) is 18.3. The standard InChI is InChI=1S/C23H26FN7O2/c1-16(32)25-21(15-17-7-5-6-10-20(17)24)22(33)26-18-11-13-30(14-12-18)23-27-28-29-31(23)19-8-3-2-4-9-19/h2-10,18,21H,11-15H2,1H3,(H,25,32)(H,26,33)/t21-/m1/s1. The predicted molar refractivity (Wildman–Crippen MR) is 120 cm³/mol. The van der Waals surface area contributed by atoms with Crippen molar-refractivity contribution in [2.45, 2.75) is 38.3 Å². The highest BCUT2D eigenvalue weighted by Crippen LogP contribution is 2.20. The van der Waals surface area contributed by atoms with E-state index in [1.807, 2.05) is 30.3 Å². The Hall–Kier alpha value is -3.82. The van der Waals surface area contributed by atoms with E-state index in [0.717, 1.165) is 5.69 Å². The van der Waals surface area contributed by atoms with Crippen LogP contribution in [0.3, 0.4) is 0 Å². The molecule has 2 amide bonds. The Morgan fingerprint density at radius 1 is 1.09 bits per heavy atom. The second-order valence-electron chi connectivity index (χ2n) is 8.04. The smallest absolute Gasteiger partial charge is 0.250 e. The molecule has 2 N–H and O–H groups in total. The van der Waals surface area contributed by atoms with Gasteiger partial charge in [-0.1, -0.05) is 41.5 Å². The number of nitrogens with one attached hydrogen (secondary N) is 2. The number of para-hydroxylation sites is 1. The van der Waals surface area contributed by atoms with Crippen molar-refractivity contribution in [1.82, 2.24) is 30.8 Å². The van der Waals surface area contributed by atoms with Crippen molar-refractivity contribution < 1.29 is 14.0 Å². The number of halogens is 1. The van der Waals surface area contributed by atoms with E-state index < -0.39 is 11.9 Å². The summed E-state index contributed by atoms with van der Waals surface area (Å²) in [4.78, 5) is 26.6. The highest BCUT2D eigenvalue weighted by Gasteiger charge is 2.28. The minimum absolute atomic E-state index is 0.0633. The maximum Gasteiger partial charge on any atom is 0.250 e. The summed E-state index contributed by atoms with van der Waals surface area (Å²) in [5.74, 6) is -0.401. The number of nitrogens with zero attached hydrogens (tertiary/aromatic N) is 5. The van der Waals surface area contributed by atoms with Crippen LogP contribution in [-0.2, 0) is 16.0 Å². The summed E-state index contributed by atoms with van der Waals surface area (Å²) in [7, 11) is 0. The van der Waals surface area contributed by atoms with Crippen molar-refractivity contribution in [2.75, 3.05) is 18.0 Å². The molecule has 0 bridgehead atoms. The molecule has 0 radical (unpaired) electrons. The molecule has 0 aliphatic carbocycles. The van der Waals surface area contributed by atoms with Gasteiger partial charge in [-0.05, 0) is 47.0 Å². The van der Waals surface area contributed by atoms with Crippen LogP contribution in [0.15, 0.2) is 54.6 Å². The molecule has 33 heavy (non-hydrogen) atoms. The van der Waals surface area contributed by atoms with Gasteiger partial charge in [-0.3, -0.25) is 9.59 Å². The van der Waals surface area contributed by atoms with Crippen LogP contribution in [0.1, 0.15) is 25.3 Å². The van der Waals surface area contributed by atoms with Gasteiger partial charge in [0.05, 0.1) is 5.69 Å². The third-order valence-corrected chi connectivity index (χ3v) is 5.65. The fourth-order valence-electron chi connectivity index (χ4n) is 3.98. The molecule has 172 valence electrons. The van der Waals surface area contributed by atoms with Crippen LogP contribution >= 0.6 is 0 Å². The van der Waals surface area contributed by atoms with Crippen LogP contribution in [0, 0.1) is 5.82 Å². The van der Waals surface area contributed by atoms with Crippen molar-refractivity contribution >= 4 is 17.8 Å². The molecule has 1 aromatic heterocycles. The summed E-state index contributed by atoms with van der Waals surface area (Å²) in [6, 6.07) is 15.0. The highest BCUT2D eigenvalue weighted by atomic mass is 19.1. The fourth-order valence-corrected chi connectivity index (χ4v) is 3.98. The van der Waals surface area contributed by atoms with Gasteiger partial charge in [-0.25, -0.2) is 4.39 Å². The van der Waals surface area contributed by atoms with E-state index in [4.69, 9.17) is 0 Å². The number of aromatic nitrogens is 4. The van der Waals surface area contributed by atoms with E-state index in [-0.39, 0.29) is 24.3 Å². The minimum atomic E-state index is -0.845. The van der Waals surface area contributed by atoms with Crippen molar-refractivity contribution in [1.29, 1.82) is 0 Å². The van der Waals surface area contributed by atoms with Gasteiger partial charge >= 0.3 is 0 Å². The molecule has 9 nitrogen and oxygen atoms in total. The van der Waals surface area contributed by atoms with Gasteiger partial charge in [0.25, 0.3) is 0 Å². The first-order valence-electron chi connectivity index (χ1n) is 10.9. The zero-order valence-corrected chi connectivity index (χ0v) is 18.3. The number of anilines is 1. The first-order chi connectivity index (χ1) is 16.0. The Balaban J connectivity index is 1.37. The number of carbonyl (C=O) groups excluding carboxylic acids is 2. The molecular weight excluding hydrogens is 425 g/mol. The monoisotopic (exact) mass is 451 g/mol. The molecule has 2 heterocycles. The van der Waals surface area contributed by atoms with E-state index in [1.165, 1.54) is 13.0 Å². The lowest BCUT2D eigenvalue weighted by molar-refractivity contribution is -0.128. The molecule has 0 spiro atoms. The first kappa shape index (κ1) is 22.4. The zero-order chi connectivity index (χ0) is 23.2. The summed E-state index contributed by atoms with van der Waals surface area (Å²) >= 11 is 0. The van der Waals surface area contributed by atoms with Gasteiger partial charge in [0.1, 0.15) is 11.9 Å². The number of piperidine rings is 1. The van der Waals surface area contributed by atoms with Crippen LogP contribution in [0.4, 0.5) is 10.3 Å².